The van der Waals surface area contributed by atoms with E-state index in [9.17, 15) is 4.79 Å². The highest BCUT2D eigenvalue weighted by atomic mass is 35.5. The number of rotatable bonds is 5. The summed E-state index contributed by atoms with van der Waals surface area (Å²) in [5.74, 6) is 0.344. The quantitative estimate of drug-likeness (QED) is 0.331. The molecule has 0 radical (unpaired) electrons. The molecule has 3 aromatic carbocycles. The Morgan fingerprint density at radius 1 is 1.09 bits per heavy atom. The van der Waals surface area contributed by atoms with Crippen LogP contribution in [0.4, 0.5) is 5.69 Å². The van der Waals surface area contributed by atoms with E-state index in [-0.39, 0.29) is 11.6 Å². The second-order valence-corrected chi connectivity index (χ2v) is 8.51. The van der Waals surface area contributed by atoms with Crippen LogP contribution in [0.5, 0.6) is 0 Å². The molecule has 1 N–H and O–H groups in total. The first-order valence-electron chi connectivity index (χ1n) is 10.9. The molecule has 8 heteroatoms. The van der Waals surface area contributed by atoms with Gasteiger partial charge in [0.2, 0.25) is 0 Å². The standard InChI is InChI=1S/C26H22ClN5O2/c1-4-17-7-5-6-15(2)23(17)28-26(33)24-16(3)32(31-29-24)20-12-13-22-21(14-20)25(34-30-22)18-8-10-19(27)11-9-18/h5-14H,4H2,1-3H3,(H,28,33). The van der Waals surface area contributed by atoms with Crippen LogP contribution < -0.4 is 5.32 Å². The van der Waals surface area contributed by atoms with E-state index in [0.717, 1.165) is 45.4 Å². The minimum absolute atomic E-state index is 0.272. The van der Waals surface area contributed by atoms with Crippen molar-refractivity contribution in [2.45, 2.75) is 27.2 Å². The number of benzene rings is 3. The molecule has 0 aliphatic carbocycles. The number of halogens is 1. The number of nitrogens with zero attached hydrogens (tertiary/aromatic N) is 4. The lowest BCUT2D eigenvalue weighted by Gasteiger charge is -2.12. The van der Waals surface area contributed by atoms with Crippen molar-refractivity contribution in [3.05, 3.63) is 88.2 Å². The van der Waals surface area contributed by atoms with E-state index >= 15 is 0 Å². The molecule has 0 atom stereocenters. The Hall–Kier alpha value is -3.97. The van der Waals surface area contributed by atoms with Gasteiger partial charge < -0.3 is 9.84 Å². The molecule has 5 aromatic rings. The fourth-order valence-electron chi connectivity index (χ4n) is 4.03. The summed E-state index contributed by atoms with van der Waals surface area (Å²) in [7, 11) is 0. The molecule has 0 aliphatic rings. The van der Waals surface area contributed by atoms with Crippen LogP contribution >= 0.6 is 11.6 Å². The van der Waals surface area contributed by atoms with E-state index in [1.54, 1.807) is 16.8 Å². The van der Waals surface area contributed by atoms with E-state index in [0.29, 0.717) is 16.5 Å². The molecule has 0 bridgehead atoms. The topological polar surface area (TPSA) is 85.8 Å². The highest BCUT2D eigenvalue weighted by molar-refractivity contribution is 6.30. The number of carbonyl (C=O) groups is 1. The monoisotopic (exact) mass is 471 g/mol. The SMILES string of the molecule is CCc1cccc(C)c1NC(=O)c1nnn(-c2ccc3noc(-c4ccc(Cl)cc4)c3c2)c1C. The average Bonchev–Trinajstić information content (AvgIpc) is 3.44. The van der Waals surface area contributed by atoms with Gasteiger partial charge in [0.05, 0.1) is 16.8 Å². The largest absolute Gasteiger partial charge is 0.355 e. The predicted octanol–water partition coefficient (Wildman–Crippen LogP) is 6.16. The molecule has 0 saturated carbocycles. The molecule has 1 amide bonds. The number of fused-ring (bicyclic) bond motifs is 1. The summed E-state index contributed by atoms with van der Waals surface area (Å²) in [4.78, 5) is 13.1. The molecule has 5 rings (SSSR count). The Labute approximate surface area is 201 Å². The van der Waals surface area contributed by atoms with Crippen LogP contribution in [0.3, 0.4) is 0 Å². The first kappa shape index (κ1) is 21.9. The van der Waals surface area contributed by atoms with Gasteiger partial charge in [0.1, 0.15) is 5.52 Å². The third kappa shape index (κ3) is 3.84. The maximum absolute atomic E-state index is 13.1. The van der Waals surface area contributed by atoms with Crippen molar-refractivity contribution in [2.75, 3.05) is 5.32 Å². The Morgan fingerprint density at radius 3 is 2.65 bits per heavy atom. The van der Waals surface area contributed by atoms with Gasteiger partial charge in [-0.25, -0.2) is 4.68 Å². The molecule has 170 valence electrons. The van der Waals surface area contributed by atoms with Gasteiger partial charge in [-0.1, -0.05) is 47.1 Å². The fourth-order valence-corrected chi connectivity index (χ4v) is 4.16. The van der Waals surface area contributed by atoms with Gasteiger partial charge >= 0.3 is 0 Å². The van der Waals surface area contributed by atoms with Crippen molar-refractivity contribution in [1.82, 2.24) is 20.2 Å². The molecule has 0 saturated heterocycles. The summed E-state index contributed by atoms with van der Waals surface area (Å²) in [6.45, 7) is 5.86. The second-order valence-electron chi connectivity index (χ2n) is 8.07. The number of aromatic nitrogens is 4. The van der Waals surface area contributed by atoms with E-state index in [1.807, 2.05) is 62.4 Å². The molecule has 2 aromatic heterocycles. The summed E-state index contributed by atoms with van der Waals surface area (Å²) in [5.41, 5.74) is 6.14. The molecule has 0 unspecified atom stereocenters. The molecule has 2 heterocycles. The molecule has 7 nitrogen and oxygen atoms in total. The molecule has 34 heavy (non-hydrogen) atoms. The Morgan fingerprint density at radius 2 is 1.88 bits per heavy atom. The summed E-state index contributed by atoms with van der Waals surface area (Å²) in [5, 5.41) is 17.1. The van der Waals surface area contributed by atoms with Crippen molar-refractivity contribution >= 4 is 34.1 Å². The average molecular weight is 472 g/mol. The van der Waals surface area contributed by atoms with Crippen LogP contribution in [0.2, 0.25) is 5.02 Å². The number of nitrogens with one attached hydrogen (secondary N) is 1. The van der Waals surface area contributed by atoms with E-state index < -0.39 is 0 Å². The van der Waals surface area contributed by atoms with Gasteiger partial charge in [-0.3, -0.25) is 4.79 Å². The van der Waals surface area contributed by atoms with E-state index in [1.165, 1.54) is 0 Å². The fraction of sp³-hybridized carbons (Fsp3) is 0.154. The minimum Gasteiger partial charge on any atom is -0.355 e. The number of aryl methyl sites for hydroxylation is 2. The summed E-state index contributed by atoms with van der Waals surface area (Å²) < 4.78 is 7.25. The maximum Gasteiger partial charge on any atom is 0.278 e. The predicted molar refractivity (Wildman–Crippen MR) is 133 cm³/mol. The zero-order chi connectivity index (χ0) is 23.8. The lowest BCUT2D eigenvalue weighted by atomic mass is 10.1. The van der Waals surface area contributed by atoms with Gasteiger partial charge in [0.15, 0.2) is 11.5 Å². The van der Waals surface area contributed by atoms with Crippen LogP contribution in [0.25, 0.3) is 27.9 Å². The number of anilines is 1. The van der Waals surface area contributed by atoms with Crippen molar-refractivity contribution in [2.24, 2.45) is 0 Å². The lowest BCUT2D eigenvalue weighted by molar-refractivity contribution is 0.102. The van der Waals surface area contributed by atoms with E-state index in [2.05, 4.69) is 27.7 Å². The Balaban J connectivity index is 1.50. The van der Waals surface area contributed by atoms with Crippen LogP contribution in [0.15, 0.2) is 65.2 Å². The molecular formula is C26H22ClN5O2. The number of para-hydroxylation sites is 1. The van der Waals surface area contributed by atoms with Gasteiger partial charge in [-0.05, 0) is 73.9 Å². The zero-order valence-electron chi connectivity index (χ0n) is 19.0. The third-order valence-corrected chi connectivity index (χ3v) is 6.15. The van der Waals surface area contributed by atoms with Gasteiger partial charge in [0.25, 0.3) is 5.91 Å². The highest BCUT2D eigenvalue weighted by Gasteiger charge is 2.20. The summed E-state index contributed by atoms with van der Waals surface area (Å²) in [6.07, 6.45) is 0.817. The summed E-state index contributed by atoms with van der Waals surface area (Å²) >= 11 is 6.02. The third-order valence-electron chi connectivity index (χ3n) is 5.90. The second kappa shape index (κ2) is 8.76. The van der Waals surface area contributed by atoms with Crippen molar-refractivity contribution in [3.63, 3.8) is 0 Å². The van der Waals surface area contributed by atoms with Crippen molar-refractivity contribution in [3.8, 4) is 17.0 Å². The van der Waals surface area contributed by atoms with Crippen LogP contribution in [0.1, 0.15) is 34.2 Å². The maximum atomic E-state index is 13.1. The first-order valence-corrected chi connectivity index (χ1v) is 11.3. The molecule has 0 spiro atoms. The zero-order valence-corrected chi connectivity index (χ0v) is 19.7. The minimum atomic E-state index is -0.291. The lowest BCUT2D eigenvalue weighted by Crippen LogP contribution is -2.16. The smallest absolute Gasteiger partial charge is 0.278 e. The molecule has 0 fully saturated rings. The number of hydrogen-bond donors (Lipinski definition) is 1. The highest BCUT2D eigenvalue weighted by Crippen LogP contribution is 2.31. The molecule has 0 aliphatic heterocycles. The van der Waals surface area contributed by atoms with Crippen LogP contribution in [-0.4, -0.2) is 26.1 Å². The molecular weight excluding hydrogens is 450 g/mol. The van der Waals surface area contributed by atoms with Gasteiger partial charge in [-0.15, -0.1) is 5.10 Å². The first-order chi connectivity index (χ1) is 16.5. The Bertz CT molecular complexity index is 1520. The number of hydrogen-bond acceptors (Lipinski definition) is 5. The van der Waals surface area contributed by atoms with Crippen LogP contribution in [-0.2, 0) is 6.42 Å². The van der Waals surface area contributed by atoms with Crippen molar-refractivity contribution in [1.29, 1.82) is 0 Å². The van der Waals surface area contributed by atoms with Gasteiger partial charge in [0, 0.05) is 16.3 Å². The number of amides is 1. The normalized spacial score (nSPS) is 11.2. The Kier molecular flexibility index (Phi) is 5.63. The van der Waals surface area contributed by atoms with Crippen LogP contribution in [0, 0.1) is 13.8 Å². The van der Waals surface area contributed by atoms with Gasteiger partial charge in [-0.2, -0.15) is 0 Å². The van der Waals surface area contributed by atoms with E-state index in [4.69, 9.17) is 16.1 Å². The summed E-state index contributed by atoms with van der Waals surface area (Å²) in [6, 6.07) is 19.0. The van der Waals surface area contributed by atoms with Crippen molar-refractivity contribution < 1.29 is 9.32 Å². The number of carbonyl (C=O) groups excluding carboxylic acids is 1.